The number of carbonyl (C=O) groups is 4. The van der Waals surface area contributed by atoms with Crippen LogP contribution in [0.4, 0.5) is 0 Å². The van der Waals surface area contributed by atoms with Gasteiger partial charge in [0.1, 0.15) is 17.8 Å². The Balaban J connectivity index is 1.74. The molecule has 10 nitrogen and oxygen atoms in total. The number of amides is 4. The van der Waals surface area contributed by atoms with Crippen molar-refractivity contribution in [2.45, 2.75) is 44.1 Å². The molecular weight excluding hydrogens is 392 g/mol. The van der Waals surface area contributed by atoms with Crippen LogP contribution < -0.4 is 16.4 Å². The quantitative estimate of drug-likeness (QED) is 0.507. The molecule has 29 heavy (non-hydrogen) atoms. The Bertz CT molecular complexity index is 818. The van der Waals surface area contributed by atoms with Gasteiger partial charge in [-0.25, -0.2) is 4.98 Å². The molecule has 0 aromatic carbocycles. The monoisotopic (exact) mass is 418 g/mol. The van der Waals surface area contributed by atoms with E-state index in [9.17, 15) is 19.2 Å². The summed E-state index contributed by atoms with van der Waals surface area (Å²) in [5.41, 5.74) is 5.64. The predicted molar refractivity (Wildman–Crippen MR) is 106 cm³/mol. The molecular formula is C18H26N6O4Si. The molecule has 156 valence electrons. The zero-order chi connectivity index (χ0) is 21.2. The lowest BCUT2D eigenvalue weighted by Crippen LogP contribution is -2.53. The molecule has 3 rings (SSSR count). The van der Waals surface area contributed by atoms with E-state index >= 15 is 0 Å². The summed E-state index contributed by atoms with van der Waals surface area (Å²) in [6.07, 6.45) is 5.52. The Hall–Kier alpha value is -2.82. The molecule has 4 amide bonds. The van der Waals surface area contributed by atoms with Crippen LogP contribution in [-0.2, 0) is 14.4 Å². The van der Waals surface area contributed by atoms with Gasteiger partial charge in [0, 0.05) is 31.0 Å². The van der Waals surface area contributed by atoms with E-state index in [-0.39, 0.29) is 29.8 Å². The van der Waals surface area contributed by atoms with Crippen LogP contribution in [0.5, 0.6) is 0 Å². The molecule has 4 N–H and O–H groups in total. The summed E-state index contributed by atoms with van der Waals surface area (Å²) in [5, 5.41) is 5.39. The lowest BCUT2D eigenvalue weighted by Gasteiger charge is -2.26. The van der Waals surface area contributed by atoms with Gasteiger partial charge >= 0.3 is 0 Å². The second kappa shape index (κ2) is 8.27. The van der Waals surface area contributed by atoms with Gasteiger partial charge in [0.05, 0.1) is 14.3 Å². The third-order valence-corrected chi connectivity index (χ3v) is 8.10. The third kappa shape index (κ3) is 4.78. The van der Waals surface area contributed by atoms with Gasteiger partial charge in [-0.15, -0.1) is 0 Å². The van der Waals surface area contributed by atoms with Crippen molar-refractivity contribution < 1.29 is 19.2 Å². The molecule has 0 radical (unpaired) electrons. The first-order valence-electron chi connectivity index (χ1n) is 9.62. The van der Waals surface area contributed by atoms with E-state index in [1.54, 1.807) is 0 Å². The Morgan fingerprint density at radius 2 is 2.14 bits per heavy atom. The highest BCUT2D eigenvalue weighted by atomic mass is 28.3. The van der Waals surface area contributed by atoms with Crippen LogP contribution >= 0.6 is 0 Å². The van der Waals surface area contributed by atoms with Gasteiger partial charge in [0.25, 0.3) is 5.91 Å². The first-order chi connectivity index (χ1) is 13.7. The number of primary amides is 1. The topological polar surface area (TPSA) is 147 Å². The smallest absolute Gasteiger partial charge is 0.274 e. The molecule has 2 fully saturated rings. The van der Waals surface area contributed by atoms with Crippen LogP contribution in [-0.4, -0.2) is 71.4 Å². The fourth-order valence-corrected chi connectivity index (χ4v) is 6.81. The van der Waals surface area contributed by atoms with Crippen LogP contribution in [0.1, 0.15) is 23.3 Å². The molecule has 0 aliphatic carbocycles. The minimum absolute atomic E-state index is 0.139. The fourth-order valence-electron chi connectivity index (χ4n) is 3.94. The highest BCUT2D eigenvalue weighted by molar-refractivity contribution is 6.79. The average Bonchev–Trinajstić information content (AvgIpc) is 3.23. The number of nitrogens with two attached hydrogens (primary N) is 1. The van der Waals surface area contributed by atoms with Gasteiger partial charge in [-0.1, -0.05) is 13.1 Å². The lowest BCUT2D eigenvalue weighted by molar-refractivity contribution is -0.130. The molecule has 2 saturated heterocycles. The number of rotatable bonds is 6. The summed E-state index contributed by atoms with van der Waals surface area (Å²) in [7, 11) is -1.83. The molecule has 2 aliphatic rings. The summed E-state index contributed by atoms with van der Waals surface area (Å²) >= 11 is 0. The van der Waals surface area contributed by atoms with Crippen LogP contribution in [0.3, 0.4) is 0 Å². The second-order valence-corrected chi connectivity index (χ2v) is 13.4. The van der Waals surface area contributed by atoms with Crippen molar-refractivity contribution in [2.24, 2.45) is 11.7 Å². The van der Waals surface area contributed by atoms with Crippen molar-refractivity contribution in [3.63, 3.8) is 0 Å². The number of nitrogens with zero attached hydrogens (tertiary/aromatic N) is 3. The fraction of sp³-hybridized carbons (Fsp3) is 0.556. The minimum Gasteiger partial charge on any atom is -0.368 e. The van der Waals surface area contributed by atoms with E-state index < -0.39 is 32.0 Å². The molecule has 0 bridgehead atoms. The summed E-state index contributed by atoms with van der Waals surface area (Å²) in [4.78, 5) is 59.1. The predicted octanol–water partition coefficient (Wildman–Crippen LogP) is -0.955. The van der Waals surface area contributed by atoms with E-state index in [1.165, 1.54) is 23.5 Å². The summed E-state index contributed by atoms with van der Waals surface area (Å²) < 4.78 is 0. The van der Waals surface area contributed by atoms with Gasteiger partial charge in [-0.3, -0.25) is 24.2 Å². The normalized spacial score (nSPS) is 24.1. The zero-order valence-corrected chi connectivity index (χ0v) is 17.6. The maximum Gasteiger partial charge on any atom is 0.274 e. The zero-order valence-electron chi connectivity index (χ0n) is 16.6. The van der Waals surface area contributed by atoms with Crippen LogP contribution in [0.2, 0.25) is 19.1 Å². The van der Waals surface area contributed by atoms with Gasteiger partial charge in [-0.2, -0.15) is 0 Å². The van der Waals surface area contributed by atoms with Crippen LogP contribution in [0.15, 0.2) is 18.6 Å². The van der Waals surface area contributed by atoms with Gasteiger partial charge < -0.3 is 21.3 Å². The van der Waals surface area contributed by atoms with Crippen LogP contribution in [0.25, 0.3) is 0 Å². The first kappa shape index (κ1) is 20.9. The highest BCUT2D eigenvalue weighted by Crippen LogP contribution is 2.28. The molecule has 11 heteroatoms. The Labute approximate surface area is 169 Å². The Morgan fingerprint density at radius 3 is 2.72 bits per heavy atom. The van der Waals surface area contributed by atoms with Gasteiger partial charge in [-0.05, 0) is 18.9 Å². The van der Waals surface area contributed by atoms with E-state index in [2.05, 4.69) is 33.7 Å². The summed E-state index contributed by atoms with van der Waals surface area (Å²) in [6, 6.07) is -1.10. The molecule has 3 heterocycles. The number of nitrogens with one attached hydrogen (secondary N) is 2. The van der Waals surface area contributed by atoms with Crippen molar-refractivity contribution in [3.8, 4) is 0 Å². The minimum atomic E-state index is -1.83. The Morgan fingerprint density at radius 1 is 1.38 bits per heavy atom. The van der Waals surface area contributed by atoms with Crippen molar-refractivity contribution in [3.05, 3.63) is 24.3 Å². The highest BCUT2D eigenvalue weighted by Gasteiger charge is 2.46. The van der Waals surface area contributed by atoms with Crippen molar-refractivity contribution in [1.82, 2.24) is 25.5 Å². The van der Waals surface area contributed by atoms with E-state index in [1.807, 2.05) is 0 Å². The van der Waals surface area contributed by atoms with Crippen LogP contribution in [0, 0.1) is 5.92 Å². The van der Waals surface area contributed by atoms with E-state index in [4.69, 9.17) is 5.73 Å². The largest absolute Gasteiger partial charge is 0.368 e. The molecule has 0 saturated carbocycles. The lowest BCUT2D eigenvalue weighted by atomic mass is 9.97. The molecule has 3 atom stereocenters. The SMILES string of the molecule is C[Si]1(C)C[C@H](C(=O)N[C@@H](C[C@@H]2CCNC2=O)C(N)=O)N(C(=O)c2cnccn2)C1. The number of hydrogen-bond donors (Lipinski definition) is 3. The molecule has 0 unspecified atom stereocenters. The van der Waals surface area contributed by atoms with E-state index in [0.29, 0.717) is 25.2 Å². The van der Waals surface area contributed by atoms with Crippen molar-refractivity contribution >= 4 is 31.7 Å². The van der Waals surface area contributed by atoms with Gasteiger partial charge in [0.2, 0.25) is 17.7 Å². The Kier molecular flexibility index (Phi) is 5.96. The summed E-state index contributed by atoms with van der Waals surface area (Å²) in [6.45, 7) is 4.75. The second-order valence-electron chi connectivity index (χ2n) is 8.38. The molecule has 1 aromatic rings. The van der Waals surface area contributed by atoms with Gasteiger partial charge in [0.15, 0.2) is 0 Å². The van der Waals surface area contributed by atoms with E-state index in [0.717, 1.165) is 0 Å². The van der Waals surface area contributed by atoms with Crippen molar-refractivity contribution in [1.29, 1.82) is 0 Å². The number of carbonyl (C=O) groups excluding carboxylic acids is 4. The standard InChI is InChI=1S/C18H26N6O4Si/c1-29(2)9-14(24(10-29)18(28)13-8-20-5-6-21-13)17(27)23-12(15(19)25)7-11-3-4-22-16(11)26/h5-6,8,11-12,14H,3-4,7,9-10H2,1-2H3,(H2,19,25)(H,22,26)(H,23,27)/t11-,12-,14+/m0/s1. The maximum absolute atomic E-state index is 13.0. The molecule has 1 aromatic heterocycles. The molecule has 2 aliphatic heterocycles. The van der Waals surface area contributed by atoms with Crippen molar-refractivity contribution in [2.75, 3.05) is 12.7 Å². The average molecular weight is 419 g/mol. The maximum atomic E-state index is 13.0. The number of aromatic nitrogens is 2. The number of hydrogen-bond acceptors (Lipinski definition) is 6. The molecule has 0 spiro atoms. The first-order valence-corrected chi connectivity index (χ1v) is 13.0. The third-order valence-electron chi connectivity index (χ3n) is 5.41. The summed E-state index contributed by atoms with van der Waals surface area (Å²) in [5.74, 6) is -1.98.